The first-order valence-corrected chi connectivity index (χ1v) is 1.80. The van der Waals surface area contributed by atoms with Gasteiger partial charge in [0.15, 0.2) is 0 Å². The Morgan fingerprint density at radius 2 is 1.10 bits per heavy atom. The van der Waals surface area contributed by atoms with E-state index in [0.717, 1.165) is 0 Å². The maximum Gasteiger partial charge on any atom is 0.936 e. The first-order valence-electron chi connectivity index (χ1n) is 1.80. The molecule has 0 aliphatic heterocycles. The van der Waals surface area contributed by atoms with Crippen molar-refractivity contribution in [2.75, 3.05) is 0 Å². The van der Waals surface area contributed by atoms with E-state index in [4.69, 9.17) is 0 Å². The summed E-state index contributed by atoms with van der Waals surface area (Å²) in [7, 11) is -1.91. The van der Waals surface area contributed by atoms with Crippen LogP contribution in [0.25, 0.3) is 0 Å². The van der Waals surface area contributed by atoms with Gasteiger partial charge >= 0.3 is 7.32 Å². The van der Waals surface area contributed by atoms with Crippen molar-refractivity contribution in [3.8, 4) is 0 Å². The lowest BCUT2D eigenvalue weighted by molar-refractivity contribution is 0.0970. The minimum absolute atomic E-state index is 1.78. The third-order valence-corrected chi connectivity index (χ3v) is 0.387. The Kier molecular flexibility index (Phi) is 4.47. The maximum absolute atomic E-state index is 9.25. The van der Waals surface area contributed by atoms with Crippen molar-refractivity contribution in [3.05, 3.63) is 14.7 Å². The number of rotatable bonds is 6. The highest BCUT2D eigenvalue weighted by Gasteiger charge is 2.33. The van der Waals surface area contributed by atoms with E-state index in [2.05, 4.69) is 14.3 Å². The minimum Gasteiger partial charge on any atom is -0.346 e. The Balaban J connectivity index is 3.58. The van der Waals surface area contributed by atoms with E-state index in [1.807, 2.05) is 0 Å². The molecule has 0 aromatic carbocycles. The van der Waals surface area contributed by atoms with Crippen molar-refractivity contribution in [2.45, 2.75) is 0 Å². The molecule has 0 saturated carbocycles. The second-order valence-corrected chi connectivity index (χ2v) is 0.829. The molecule has 0 rings (SSSR count). The van der Waals surface area contributed by atoms with Crippen molar-refractivity contribution in [3.63, 3.8) is 0 Å². The van der Waals surface area contributed by atoms with Crippen molar-refractivity contribution in [2.24, 2.45) is 16.0 Å². The SMILES string of the molecule is O=NOB(ON=O)ON=O. The molecule has 10 heteroatoms. The van der Waals surface area contributed by atoms with Crippen LogP contribution in [0.3, 0.4) is 0 Å². The highest BCUT2D eigenvalue weighted by molar-refractivity contribution is 6.35. The standard InChI is InChI=1S/BN3O6/c5-2-8-1(9-3-6)10-4-7. The minimum atomic E-state index is -1.91. The average Bonchev–Trinajstić information content (AvgIpc) is 1.90. The molecule has 0 aromatic heterocycles. The summed E-state index contributed by atoms with van der Waals surface area (Å²) in [5.41, 5.74) is 0. The van der Waals surface area contributed by atoms with Gasteiger partial charge in [-0.15, -0.1) is 14.7 Å². The largest absolute Gasteiger partial charge is 0.936 e. The monoisotopic (exact) mass is 149 g/mol. The second-order valence-electron chi connectivity index (χ2n) is 0.829. The highest BCUT2D eigenvalue weighted by Crippen LogP contribution is 1.92. The summed E-state index contributed by atoms with van der Waals surface area (Å²) >= 11 is 0. The van der Waals surface area contributed by atoms with Gasteiger partial charge in [0.2, 0.25) is 0 Å². The van der Waals surface area contributed by atoms with Crippen LogP contribution < -0.4 is 0 Å². The molecule has 9 nitrogen and oxygen atoms in total. The van der Waals surface area contributed by atoms with Gasteiger partial charge in [-0.2, -0.15) is 0 Å². The Morgan fingerprint density at radius 3 is 1.30 bits per heavy atom. The average molecular weight is 149 g/mol. The zero-order valence-electron chi connectivity index (χ0n) is 4.37. The molecule has 0 unspecified atom stereocenters. The van der Waals surface area contributed by atoms with E-state index in [1.165, 1.54) is 0 Å². The lowest BCUT2D eigenvalue weighted by Gasteiger charge is -1.94. The van der Waals surface area contributed by atoms with E-state index in [1.54, 1.807) is 16.0 Å². The molecule has 0 radical (unpaired) electrons. The predicted molar refractivity (Wildman–Crippen MR) is 26.4 cm³/mol. The van der Waals surface area contributed by atoms with Gasteiger partial charge in [-0.1, -0.05) is 0 Å². The summed E-state index contributed by atoms with van der Waals surface area (Å²) in [4.78, 5) is 27.7. The summed E-state index contributed by atoms with van der Waals surface area (Å²) < 4.78 is 10.7. The molecule has 0 aromatic rings. The van der Waals surface area contributed by atoms with E-state index < -0.39 is 7.32 Å². The van der Waals surface area contributed by atoms with Crippen LogP contribution in [-0.4, -0.2) is 7.32 Å². The summed E-state index contributed by atoms with van der Waals surface area (Å²) in [6.45, 7) is 0. The van der Waals surface area contributed by atoms with E-state index in [-0.39, 0.29) is 0 Å². The van der Waals surface area contributed by atoms with E-state index >= 15 is 0 Å². The molecule has 0 heterocycles. The molecule has 0 fully saturated rings. The van der Waals surface area contributed by atoms with Crippen LogP contribution in [0.4, 0.5) is 0 Å². The lowest BCUT2D eigenvalue weighted by atomic mass is 10.3. The van der Waals surface area contributed by atoms with Crippen LogP contribution in [0.5, 0.6) is 0 Å². The van der Waals surface area contributed by atoms with Crippen LogP contribution in [-0.2, 0) is 14.3 Å². The molecule has 0 atom stereocenters. The normalized spacial score (nSPS) is 7.20. The molecule has 10 heavy (non-hydrogen) atoms. The third-order valence-electron chi connectivity index (χ3n) is 0.387. The fourth-order valence-electron chi connectivity index (χ4n) is 0.163. The quantitative estimate of drug-likeness (QED) is 0.299. The Morgan fingerprint density at radius 1 is 0.800 bits per heavy atom. The zero-order chi connectivity index (χ0) is 7.82. The first kappa shape index (κ1) is 8.26. The lowest BCUT2D eigenvalue weighted by Crippen LogP contribution is -2.19. The van der Waals surface area contributed by atoms with Gasteiger partial charge in [-0.3, -0.25) is 0 Å². The Bertz CT molecular complexity index is 100. The molecule has 0 aliphatic rings. The highest BCUT2D eigenvalue weighted by atomic mass is 16.9. The molecular formula is BN3O6. The van der Waals surface area contributed by atoms with Gasteiger partial charge in [-0.25, -0.2) is 0 Å². The Labute approximate surface area is 53.6 Å². The number of hydrogen-bond acceptors (Lipinski definition) is 9. The molecule has 54 valence electrons. The smallest absolute Gasteiger partial charge is 0.346 e. The molecule has 0 bridgehead atoms. The molecule has 0 spiro atoms. The van der Waals surface area contributed by atoms with Gasteiger partial charge in [0.25, 0.3) is 0 Å². The fraction of sp³-hybridized carbons (Fsp3) is 0. The Hall–Kier alpha value is -1.74. The summed E-state index contributed by atoms with van der Waals surface area (Å²) in [5.74, 6) is 0. The van der Waals surface area contributed by atoms with Crippen molar-refractivity contribution in [1.82, 2.24) is 0 Å². The van der Waals surface area contributed by atoms with Crippen LogP contribution in [0.15, 0.2) is 16.0 Å². The maximum atomic E-state index is 9.25. The second kappa shape index (κ2) is 5.40. The molecule has 0 saturated heterocycles. The van der Waals surface area contributed by atoms with Crippen LogP contribution >= 0.6 is 0 Å². The number of nitrogens with zero attached hydrogens (tertiary/aromatic N) is 3. The third kappa shape index (κ3) is 3.29. The molecule has 0 amide bonds. The predicted octanol–water partition coefficient (Wildman–Crippen LogP) is 0.0653. The summed E-state index contributed by atoms with van der Waals surface area (Å²) in [6.07, 6.45) is 0. The van der Waals surface area contributed by atoms with Crippen molar-refractivity contribution >= 4 is 7.32 Å². The molecule has 0 N–H and O–H groups in total. The van der Waals surface area contributed by atoms with E-state index in [0.29, 0.717) is 0 Å². The van der Waals surface area contributed by atoms with Crippen LogP contribution in [0.1, 0.15) is 0 Å². The number of hydrogen-bond donors (Lipinski definition) is 0. The van der Waals surface area contributed by atoms with Crippen molar-refractivity contribution in [1.29, 1.82) is 0 Å². The fourth-order valence-corrected chi connectivity index (χ4v) is 0.163. The van der Waals surface area contributed by atoms with Gasteiger partial charge in [0.05, 0.1) is 0 Å². The topological polar surface area (TPSA) is 116 Å². The zero-order valence-corrected chi connectivity index (χ0v) is 4.37. The summed E-state index contributed by atoms with van der Waals surface area (Å²) in [6, 6.07) is 0. The summed E-state index contributed by atoms with van der Waals surface area (Å²) in [5, 5.41) is 5.33. The molecular weight excluding hydrogens is 149 g/mol. The van der Waals surface area contributed by atoms with Gasteiger partial charge < -0.3 is 14.3 Å². The van der Waals surface area contributed by atoms with Gasteiger partial charge in [0.1, 0.15) is 16.0 Å². The van der Waals surface area contributed by atoms with Crippen LogP contribution in [0.2, 0.25) is 0 Å². The van der Waals surface area contributed by atoms with E-state index in [9.17, 15) is 14.7 Å². The van der Waals surface area contributed by atoms with Gasteiger partial charge in [0, 0.05) is 0 Å². The van der Waals surface area contributed by atoms with Crippen LogP contribution in [0, 0.1) is 14.7 Å². The molecule has 0 aliphatic carbocycles. The first-order chi connectivity index (χ1) is 4.85. The van der Waals surface area contributed by atoms with Gasteiger partial charge in [-0.05, 0) is 0 Å². The van der Waals surface area contributed by atoms with Crippen molar-refractivity contribution < 1.29 is 14.3 Å².